The van der Waals surface area contributed by atoms with Gasteiger partial charge in [0.1, 0.15) is 0 Å². The molecule has 1 heterocycles. The number of nitrogens with two attached hydrogens (primary N) is 1. The van der Waals surface area contributed by atoms with Gasteiger partial charge in [0.25, 0.3) is 0 Å². The second-order valence-corrected chi connectivity index (χ2v) is 9.36. The third-order valence-electron chi connectivity index (χ3n) is 4.90. The zero-order chi connectivity index (χ0) is 21.5. The van der Waals surface area contributed by atoms with Crippen molar-refractivity contribution < 1.29 is 4.79 Å². The van der Waals surface area contributed by atoms with Gasteiger partial charge >= 0.3 is 0 Å². The molecule has 1 rings (SSSR count). The number of rotatable bonds is 11. The Hall–Kier alpha value is -1.32. The van der Waals surface area contributed by atoms with Gasteiger partial charge in [-0.1, -0.05) is 54.9 Å². The lowest BCUT2D eigenvalue weighted by Gasteiger charge is -2.30. The molecule has 1 amide bonds. The Morgan fingerprint density at radius 2 is 1.61 bits per heavy atom. The molecule has 4 heteroatoms. The van der Waals surface area contributed by atoms with Gasteiger partial charge in [-0.3, -0.25) is 9.79 Å². The second kappa shape index (κ2) is 15.6. The van der Waals surface area contributed by atoms with E-state index in [1.54, 1.807) is 6.08 Å². The van der Waals surface area contributed by atoms with Crippen molar-refractivity contribution in [2.75, 3.05) is 6.54 Å². The minimum atomic E-state index is 0.376. The van der Waals surface area contributed by atoms with Gasteiger partial charge in [0, 0.05) is 25.2 Å². The van der Waals surface area contributed by atoms with E-state index in [1.807, 2.05) is 6.21 Å². The van der Waals surface area contributed by atoms with Crippen LogP contribution in [0.1, 0.15) is 93.4 Å². The number of allylic oxidation sites excluding steroid dienone is 1. The highest BCUT2D eigenvalue weighted by Crippen LogP contribution is 2.23. The smallest absolute Gasteiger partial charge is 0.222 e. The average molecular weight is 394 g/mol. The molecular weight excluding hydrogens is 346 g/mol. The lowest BCUT2D eigenvalue weighted by molar-refractivity contribution is -0.130. The predicted octanol–water partition coefficient (Wildman–Crippen LogP) is 5.81. The zero-order valence-corrected chi connectivity index (χ0v) is 19.7. The third kappa shape index (κ3) is 13.0. The topological polar surface area (TPSA) is 58.7 Å². The molecule has 0 aliphatic carbocycles. The summed E-state index contributed by atoms with van der Waals surface area (Å²) < 4.78 is 0. The van der Waals surface area contributed by atoms with Crippen LogP contribution in [0, 0.1) is 17.8 Å². The van der Waals surface area contributed by atoms with Gasteiger partial charge in [-0.15, -0.1) is 0 Å². The maximum atomic E-state index is 11.7. The summed E-state index contributed by atoms with van der Waals surface area (Å²) in [6, 6.07) is 0.959. The first-order chi connectivity index (χ1) is 13.2. The van der Waals surface area contributed by atoms with E-state index < -0.39 is 0 Å². The lowest BCUT2D eigenvalue weighted by Crippen LogP contribution is -2.38. The van der Waals surface area contributed by atoms with Crippen LogP contribution in [0.5, 0.6) is 0 Å². The summed E-state index contributed by atoms with van der Waals surface area (Å²) in [5, 5.41) is 0. The van der Waals surface area contributed by atoms with Gasteiger partial charge in [-0.05, 0) is 62.1 Å². The monoisotopic (exact) mass is 393 g/mol. The van der Waals surface area contributed by atoms with Gasteiger partial charge in [-0.25, -0.2) is 0 Å². The van der Waals surface area contributed by atoms with Crippen molar-refractivity contribution in [3.05, 3.63) is 12.3 Å². The molecule has 2 N–H and O–H groups in total. The number of nitrogens with zero attached hydrogens (tertiary/aromatic N) is 2. The van der Waals surface area contributed by atoms with Gasteiger partial charge < -0.3 is 10.6 Å². The second-order valence-electron chi connectivity index (χ2n) is 9.36. The highest BCUT2D eigenvalue weighted by atomic mass is 16.2. The molecule has 0 aromatic rings. The lowest BCUT2D eigenvalue weighted by atomic mass is 9.94. The van der Waals surface area contributed by atoms with Crippen LogP contribution in [-0.4, -0.2) is 35.7 Å². The van der Waals surface area contributed by atoms with Crippen LogP contribution in [-0.2, 0) is 4.79 Å². The molecule has 0 spiro atoms. The molecule has 4 nitrogen and oxygen atoms in total. The summed E-state index contributed by atoms with van der Waals surface area (Å²) in [4.78, 5) is 18.3. The Balaban J connectivity index is 0.000000528. The first-order valence-corrected chi connectivity index (χ1v) is 11.4. The molecule has 0 saturated carbocycles. The Bertz CT molecular complexity index is 445. The number of hydrogen-bond acceptors (Lipinski definition) is 3. The SMILES string of the molecule is CC(C)CC(CC(C)C)N1CCCC1=O.CCCC(CC(C)C)N=C/C=C\N. The molecule has 0 aromatic carbocycles. The highest BCUT2D eigenvalue weighted by Gasteiger charge is 2.28. The van der Waals surface area contributed by atoms with E-state index in [0.717, 1.165) is 38.1 Å². The summed E-state index contributed by atoms with van der Waals surface area (Å²) >= 11 is 0. The molecule has 1 aliphatic rings. The van der Waals surface area contributed by atoms with Crippen LogP contribution >= 0.6 is 0 Å². The van der Waals surface area contributed by atoms with E-state index in [0.29, 0.717) is 29.8 Å². The zero-order valence-electron chi connectivity index (χ0n) is 19.7. The molecule has 0 bridgehead atoms. The van der Waals surface area contributed by atoms with E-state index in [9.17, 15) is 4.79 Å². The number of hydrogen-bond donors (Lipinski definition) is 1. The van der Waals surface area contributed by atoms with Crippen molar-refractivity contribution in [1.82, 2.24) is 4.90 Å². The fraction of sp³-hybridized carbons (Fsp3) is 0.833. The van der Waals surface area contributed by atoms with Crippen LogP contribution in [0.4, 0.5) is 0 Å². The summed E-state index contributed by atoms with van der Waals surface area (Å²) in [6.07, 6.45) is 12.8. The van der Waals surface area contributed by atoms with Crippen molar-refractivity contribution >= 4 is 12.1 Å². The van der Waals surface area contributed by atoms with Crippen molar-refractivity contribution in [1.29, 1.82) is 0 Å². The Kier molecular flexibility index (Phi) is 14.9. The van der Waals surface area contributed by atoms with Crippen molar-refractivity contribution in [3.8, 4) is 0 Å². The van der Waals surface area contributed by atoms with Gasteiger partial charge in [0.2, 0.25) is 5.91 Å². The van der Waals surface area contributed by atoms with Crippen molar-refractivity contribution in [3.63, 3.8) is 0 Å². The molecule has 28 heavy (non-hydrogen) atoms. The number of amides is 1. The van der Waals surface area contributed by atoms with Gasteiger partial charge in [0.15, 0.2) is 0 Å². The van der Waals surface area contributed by atoms with Crippen LogP contribution in [0.25, 0.3) is 0 Å². The van der Waals surface area contributed by atoms with E-state index in [2.05, 4.69) is 58.4 Å². The van der Waals surface area contributed by atoms with E-state index in [1.165, 1.54) is 25.5 Å². The van der Waals surface area contributed by atoms with Crippen molar-refractivity contribution in [2.24, 2.45) is 28.5 Å². The Labute approximate surface area is 175 Å². The molecule has 1 saturated heterocycles. The molecule has 0 radical (unpaired) electrons. The molecule has 1 fully saturated rings. The van der Waals surface area contributed by atoms with Crippen LogP contribution in [0.15, 0.2) is 17.3 Å². The predicted molar refractivity (Wildman–Crippen MR) is 124 cm³/mol. The Morgan fingerprint density at radius 3 is 2.00 bits per heavy atom. The van der Waals surface area contributed by atoms with Crippen molar-refractivity contribution in [2.45, 2.75) is 105 Å². The fourth-order valence-corrected chi connectivity index (χ4v) is 3.85. The number of likely N-dealkylation sites (tertiary alicyclic amines) is 1. The van der Waals surface area contributed by atoms with Gasteiger partial charge in [-0.2, -0.15) is 0 Å². The normalized spacial score (nSPS) is 16.2. The minimum absolute atomic E-state index is 0.376. The number of carbonyl (C=O) groups excluding carboxylic acids is 1. The largest absolute Gasteiger partial charge is 0.405 e. The van der Waals surface area contributed by atoms with E-state index in [-0.39, 0.29) is 0 Å². The summed E-state index contributed by atoms with van der Waals surface area (Å²) in [7, 11) is 0. The fourth-order valence-electron chi connectivity index (χ4n) is 3.85. The maximum absolute atomic E-state index is 11.7. The van der Waals surface area contributed by atoms with Gasteiger partial charge in [0.05, 0.1) is 6.04 Å². The minimum Gasteiger partial charge on any atom is -0.405 e. The molecule has 0 aromatic heterocycles. The van der Waals surface area contributed by atoms with E-state index >= 15 is 0 Å². The molecule has 1 unspecified atom stereocenters. The maximum Gasteiger partial charge on any atom is 0.222 e. The Morgan fingerprint density at radius 1 is 1.04 bits per heavy atom. The molecule has 164 valence electrons. The molecule has 1 aliphatic heterocycles. The quantitative estimate of drug-likeness (QED) is 0.450. The number of aliphatic imine (C=N–C) groups is 1. The number of carbonyl (C=O) groups is 1. The molecule has 1 atom stereocenters. The summed E-state index contributed by atoms with van der Waals surface area (Å²) in [6.45, 7) is 16.6. The first-order valence-electron chi connectivity index (χ1n) is 11.4. The van der Waals surface area contributed by atoms with Crippen LogP contribution < -0.4 is 5.73 Å². The van der Waals surface area contributed by atoms with Crippen LogP contribution in [0.2, 0.25) is 0 Å². The molecular formula is C24H47N3O. The average Bonchev–Trinajstić information content (AvgIpc) is 3.00. The third-order valence-corrected chi connectivity index (χ3v) is 4.90. The van der Waals surface area contributed by atoms with E-state index in [4.69, 9.17) is 5.73 Å². The first kappa shape index (κ1) is 26.7. The standard InChI is InChI=1S/C13H25NO.C11H22N2/c1-10(2)8-12(9-11(3)4)14-7-5-6-13(14)15;1-4-6-11(9-10(2)3)13-8-5-7-12/h10-12H,5-9H2,1-4H3;5,7-8,10-11H,4,6,9,12H2,1-3H3/b;7-5-,13-8?. The van der Waals surface area contributed by atoms with Crippen LogP contribution in [0.3, 0.4) is 0 Å². The highest BCUT2D eigenvalue weighted by molar-refractivity contribution is 5.78. The summed E-state index contributed by atoms with van der Waals surface area (Å²) in [5.74, 6) is 2.46. The summed E-state index contributed by atoms with van der Waals surface area (Å²) in [5.41, 5.74) is 5.22.